The van der Waals surface area contributed by atoms with Crippen LogP contribution in [0.15, 0.2) is 48.5 Å². The largest absolute Gasteiger partial charge is 0.264 e. The topological polar surface area (TPSA) is 43.1 Å². The van der Waals surface area contributed by atoms with Crippen molar-refractivity contribution in [3.8, 4) is 0 Å². The van der Waals surface area contributed by atoms with Gasteiger partial charge in [-0.1, -0.05) is 54.4 Å². The van der Waals surface area contributed by atoms with Crippen molar-refractivity contribution in [1.29, 1.82) is 0 Å². The van der Waals surface area contributed by atoms with E-state index >= 15 is 0 Å². The van der Waals surface area contributed by atoms with Gasteiger partial charge in [0.1, 0.15) is 0 Å². The molecule has 0 unspecified atom stereocenters. The second kappa shape index (κ2) is 6.92. The van der Waals surface area contributed by atoms with E-state index in [1.165, 1.54) is 0 Å². The van der Waals surface area contributed by atoms with Crippen molar-refractivity contribution < 1.29 is 4.92 Å². The molecular weight excluding hydrogens is 309 g/mol. The van der Waals surface area contributed by atoms with Gasteiger partial charge in [0.2, 0.25) is 6.04 Å². The van der Waals surface area contributed by atoms with Crippen LogP contribution in [0.1, 0.15) is 30.4 Å². The van der Waals surface area contributed by atoms with E-state index in [4.69, 9.17) is 23.2 Å². The van der Waals surface area contributed by atoms with Crippen LogP contribution in [-0.2, 0) is 0 Å². The molecule has 0 fully saturated rings. The molecule has 0 aliphatic carbocycles. The van der Waals surface area contributed by atoms with Crippen LogP contribution in [0, 0.1) is 10.1 Å². The van der Waals surface area contributed by atoms with Crippen molar-refractivity contribution in [3.63, 3.8) is 0 Å². The Balaban J connectivity index is 2.50. The maximum atomic E-state index is 11.4. The molecule has 3 nitrogen and oxygen atoms in total. The summed E-state index contributed by atoms with van der Waals surface area (Å²) in [7, 11) is 0. The number of nitrogens with zero attached hydrogens (tertiary/aromatic N) is 1. The Kier molecular flexibility index (Phi) is 5.21. The molecule has 0 bridgehead atoms. The summed E-state index contributed by atoms with van der Waals surface area (Å²) in [5.41, 5.74) is 1.76. The molecule has 1 atom stereocenters. The fourth-order valence-electron chi connectivity index (χ4n) is 2.48. The van der Waals surface area contributed by atoms with Gasteiger partial charge in [-0.3, -0.25) is 10.1 Å². The molecule has 0 saturated carbocycles. The molecular formula is C16H15Cl2NO2. The van der Waals surface area contributed by atoms with Crippen molar-refractivity contribution in [2.24, 2.45) is 0 Å². The predicted octanol–water partition coefficient (Wildman–Crippen LogP) is 5.18. The minimum Gasteiger partial charge on any atom is -0.264 e. The summed E-state index contributed by atoms with van der Waals surface area (Å²) >= 11 is 11.8. The van der Waals surface area contributed by atoms with Crippen molar-refractivity contribution in [2.75, 3.05) is 0 Å². The molecule has 0 aliphatic heterocycles. The molecule has 0 aliphatic rings. The molecule has 0 amide bonds. The van der Waals surface area contributed by atoms with E-state index in [0.29, 0.717) is 16.5 Å². The summed E-state index contributed by atoms with van der Waals surface area (Å²) in [4.78, 5) is 11.2. The fourth-order valence-corrected chi connectivity index (χ4v) is 2.74. The van der Waals surface area contributed by atoms with Crippen molar-refractivity contribution in [2.45, 2.75) is 25.3 Å². The number of hydrogen-bond donors (Lipinski definition) is 0. The van der Waals surface area contributed by atoms with Crippen LogP contribution in [0.3, 0.4) is 0 Å². The third-order valence-corrected chi connectivity index (χ3v) is 4.04. The highest BCUT2D eigenvalue weighted by atomic mass is 35.5. The normalized spacial score (nSPS) is 12.4. The summed E-state index contributed by atoms with van der Waals surface area (Å²) in [6, 6.07) is 13.7. The second-order valence-corrected chi connectivity index (χ2v) is 5.71. The second-order valence-electron chi connectivity index (χ2n) is 4.84. The van der Waals surface area contributed by atoms with Gasteiger partial charge in [0.05, 0.1) is 5.92 Å². The average Bonchev–Trinajstić information content (AvgIpc) is 2.46. The molecule has 2 aromatic carbocycles. The smallest absolute Gasteiger partial charge is 0.223 e. The molecule has 0 aromatic heterocycles. The Hall–Kier alpha value is -1.58. The van der Waals surface area contributed by atoms with E-state index in [2.05, 4.69) is 0 Å². The van der Waals surface area contributed by atoms with Gasteiger partial charge in [-0.25, -0.2) is 0 Å². The van der Waals surface area contributed by atoms with E-state index in [1.54, 1.807) is 24.3 Å². The predicted molar refractivity (Wildman–Crippen MR) is 85.8 cm³/mol. The lowest BCUT2D eigenvalue weighted by atomic mass is 9.84. The van der Waals surface area contributed by atoms with Crippen molar-refractivity contribution in [3.05, 3.63) is 79.8 Å². The highest BCUT2D eigenvalue weighted by Gasteiger charge is 2.32. The summed E-state index contributed by atoms with van der Waals surface area (Å²) in [6.45, 7) is 1.83. The lowest BCUT2D eigenvalue weighted by Crippen LogP contribution is -2.27. The molecule has 2 aromatic rings. The third-order valence-electron chi connectivity index (χ3n) is 3.53. The summed E-state index contributed by atoms with van der Waals surface area (Å²) in [5, 5.41) is 12.6. The zero-order chi connectivity index (χ0) is 15.4. The number of nitro groups is 1. The Bertz CT molecular complexity index is 566. The fraction of sp³-hybridized carbons (Fsp3) is 0.250. The summed E-state index contributed by atoms with van der Waals surface area (Å²) < 4.78 is 0. The minimum atomic E-state index is -0.688. The first-order valence-electron chi connectivity index (χ1n) is 6.67. The Morgan fingerprint density at radius 2 is 1.33 bits per heavy atom. The summed E-state index contributed by atoms with van der Waals surface area (Å²) in [6.07, 6.45) is 0.447. The van der Waals surface area contributed by atoms with Gasteiger partial charge in [-0.15, -0.1) is 0 Å². The van der Waals surface area contributed by atoms with Gasteiger partial charge in [0, 0.05) is 21.4 Å². The van der Waals surface area contributed by atoms with Crippen LogP contribution in [0.2, 0.25) is 10.0 Å². The van der Waals surface area contributed by atoms with E-state index in [-0.39, 0.29) is 10.8 Å². The molecule has 21 heavy (non-hydrogen) atoms. The molecule has 110 valence electrons. The average molecular weight is 324 g/mol. The highest BCUT2D eigenvalue weighted by Crippen LogP contribution is 2.32. The highest BCUT2D eigenvalue weighted by molar-refractivity contribution is 6.30. The van der Waals surface area contributed by atoms with E-state index in [9.17, 15) is 10.1 Å². The van der Waals surface area contributed by atoms with Gasteiger partial charge >= 0.3 is 0 Å². The Morgan fingerprint density at radius 1 is 0.952 bits per heavy atom. The number of rotatable bonds is 5. The SMILES string of the molecule is CC[C@H](C(c1ccc(Cl)cc1)c1ccc(Cl)cc1)[N+](=O)[O-]. The van der Waals surface area contributed by atoms with Crippen molar-refractivity contribution in [1.82, 2.24) is 0 Å². The molecule has 0 N–H and O–H groups in total. The standard InChI is InChI=1S/C16H15Cl2NO2/c1-2-15(19(20)21)16(11-3-7-13(17)8-4-11)12-5-9-14(18)10-6-12/h3-10,15-16H,2H2,1H3/t15-/m1/s1. The quantitative estimate of drug-likeness (QED) is 0.562. The van der Waals surface area contributed by atoms with Crippen LogP contribution in [0.25, 0.3) is 0 Å². The van der Waals surface area contributed by atoms with Crippen LogP contribution < -0.4 is 0 Å². The van der Waals surface area contributed by atoms with E-state index < -0.39 is 6.04 Å². The van der Waals surface area contributed by atoms with E-state index in [0.717, 1.165) is 11.1 Å². The number of halogens is 2. The maximum absolute atomic E-state index is 11.4. The first-order valence-corrected chi connectivity index (χ1v) is 7.43. The van der Waals surface area contributed by atoms with Gasteiger partial charge in [0.25, 0.3) is 0 Å². The van der Waals surface area contributed by atoms with Crippen LogP contribution in [0.4, 0.5) is 0 Å². The first-order chi connectivity index (χ1) is 10.0. The molecule has 0 heterocycles. The maximum Gasteiger partial charge on any atom is 0.223 e. The van der Waals surface area contributed by atoms with Crippen LogP contribution in [0.5, 0.6) is 0 Å². The van der Waals surface area contributed by atoms with Crippen LogP contribution in [-0.4, -0.2) is 11.0 Å². The number of hydrogen-bond acceptors (Lipinski definition) is 2. The van der Waals surface area contributed by atoms with Gasteiger partial charge in [-0.05, 0) is 35.4 Å². The van der Waals surface area contributed by atoms with Crippen LogP contribution >= 0.6 is 23.2 Å². The Labute approximate surface area is 133 Å². The minimum absolute atomic E-state index is 0.214. The zero-order valence-corrected chi connectivity index (χ0v) is 13.0. The molecule has 2 rings (SSSR count). The number of benzene rings is 2. The monoisotopic (exact) mass is 323 g/mol. The lowest BCUT2D eigenvalue weighted by molar-refractivity contribution is -0.525. The molecule has 0 spiro atoms. The first kappa shape index (κ1) is 15.8. The Morgan fingerprint density at radius 3 is 1.62 bits per heavy atom. The van der Waals surface area contributed by atoms with Crippen molar-refractivity contribution >= 4 is 23.2 Å². The van der Waals surface area contributed by atoms with E-state index in [1.807, 2.05) is 31.2 Å². The van der Waals surface area contributed by atoms with Gasteiger partial charge in [0.15, 0.2) is 0 Å². The zero-order valence-electron chi connectivity index (χ0n) is 11.5. The van der Waals surface area contributed by atoms with Gasteiger partial charge in [-0.2, -0.15) is 0 Å². The summed E-state index contributed by atoms with van der Waals surface area (Å²) in [5.74, 6) is -0.320. The molecule has 5 heteroatoms. The lowest BCUT2D eigenvalue weighted by Gasteiger charge is -2.21. The van der Waals surface area contributed by atoms with Gasteiger partial charge < -0.3 is 0 Å². The molecule has 0 radical (unpaired) electrons. The third kappa shape index (κ3) is 3.74. The molecule has 0 saturated heterocycles.